The summed E-state index contributed by atoms with van der Waals surface area (Å²) in [6.45, 7) is 0. The molecular weight excluding hydrogens is 230 g/mol. The summed E-state index contributed by atoms with van der Waals surface area (Å²) in [6.07, 6.45) is 3.47. The van der Waals surface area contributed by atoms with Crippen LogP contribution in [0.25, 0.3) is 0 Å². The van der Waals surface area contributed by atoms with Crippen LogP contribution in [-0.2, 0) is 5.75 Å². The highest BCUT2D eigenvalue weighted by atomic mass is 35.5. The fourth-order valence-electron chi connectivity index (χ4n) is 1.17. The Hall–Kier alpha value is -1.13. The predicted octanol–water partition coefficient (Wildman–Crippen LogP) is 2.94. The molecule has 2 aromatic rings. The first-order valence-corrected chi connectivity index (χ1v) is 5.77. The zero-order chi connectivity index (χ0) is 10.7. The van der Waals surface area contributed by atoms with E-state index in [1.54, 1.807) is 30.4 Å². The Morgan fingerprint density at radius 1 is 1.47 bits per heavy atom. The molecule has 0 aliphatic carbocycles. The maximum Gasteiger partial charge on any atom is 0.0921 e. The van der Waals surface area contributed by atoms with Crippen molar-refractivity contribution in [3.05, 3.63) is 41.4 Å². The Labute approximate surface area is 97.0 Å². The number of hydrogen-bond donors (Lipinski definition) is 2. The zero-order valence-corrected chi connectivity index (χ0v) is 9.48. The fraction of sp³-hybridized carbons (Fsp3) is 0.100. The second kappa shape index (κ2) is 4.59. The Morgan fingerprint density at radius 3 is 3.00 bits per heavy atom. The Morgan fingerprint density at radius 2 is 2.33 bits per heavy atom. The number of aromatic nitrogens is 2. The van der Waals surface area contributed by atoms with Crippen molar-refractivity contribution in [1.82, 2.24) is 9.97 Å². The van der Waals surface area contributed by atoms with Gasteiger partial charge in [0.05, 0.1) is 6.33 Å². The zero-order valence-electron chi connectivity index (χ0n) is 7.90. The lowest BCUT2D eigenvalue weighted by atomic mass is 10.3. The molecule has 3 N–H and O–H groups in total. The third-order valence-corrected chi connectivity index (χ3v) is 3.28. The van der Waals surface area contributed by atoms with Crippen molar-refractivity contribution in [2.45, 2.75) is 10.6 Å². The third-order valence-electron chi connectivity index (χ3n) is 1.91. The molecule has 2 rings (SSSR count). The number of halogens is 1. The van der Waals surface area contributed by atoms with Gasteiger partial charge in [-0.25, -0.2) is 4.98 Å². The van der Waals surface area contributed by atoms with Crippen LogP contribution in [0.1, 0.15) is 5.69 Å². The van der Waals surface area contributed by atoms with Crippen LogP contribution in [0.4, 0.5) is 5.69 Å². The number of nitrogens with zero attached hydrogens (tertiary/aromatic N) is 1. The summed E-state index contributed by atoms with van der Waals surface area (Å²) in [4.78, 5) is 8.03. The molecule has 0 radical (unpaired) electrons. The number of aromatic amines is 1. The molecule has 0 unspecified atom stereocenters. The number of nitrogens with one attached hydrogen (secondary N) is 1. The molecule has 5 heteroatoms. The van der Waals surface area contributed by atoms with Gasteiger partial charge in [-0.1, -0.05) is 11.6 Å². The van der Waals surface area contributed by atoms with E-state index in [9.17, 15) is 0 Å². The van der Waals surface area contributed by atoms with Crippen LogP contribution in [0.2, 0.25) is 5.02 Å². The lowest BCUT2D eigenvalue weighted by Gasteiger charge is -2.04. The molecule has 0 amide bonds. The van der Waals surface area contributed by atoms with Crippen molar-refractivity contribution >= 4 is 29.1 Å². The number of hydrogen-bond acceptors (Lipinski definition) is 3. The molecule has 15 heavy (non-hydrogen) atoms. The van der Waals surface area contributed by atoms with Gasteiger partial charge in [0.2, 0.25) is 0 Å². The summed E-state index contributed by atoms with van der Waals surface area (Å²) in [7, 11) is 0. The summed E-state index contributed by atoms with van der Waals surface area (Å²) >= 11 is 7.47. The van der Waals surface area contributed by atoms with Crippen molar-refractivity contribution in [2.75, 3.05) is 5.73 Å². The minimum absolute atomic E-state index is 0.665. The molecule has 0 bridgehead atoms. The average molecular weight is 240 g/mol. The molecule has 0 aliphatic rings. The molecule has 0 spiro atoms. The number of nitrogens with two attached hydrogens (primary N) is 1. The summed E-state index contributed by atoms with van der Waals surface area (Å²) in [5.41, 5.74) is 7.62. The van der Waals surface area contributed by atoms with Crippen LogP contribution in [0.15, 0.2) is 35.6 Å². The van der Waals surface area contributed by atoms with Gasteiger partial charge >= 0.3 is 0 Å². The van der Waals surface area contributed by atoms with Crippen LogP contribution in [0, 0.1) is 0 Å². The molecule has 78 valence electrons. The van der Waals surface area contributed by atoms with E-state index in [-0.39, 0.29) is 0 Å². The minimum atomic E-state index is 0.665. The number of anilines is 1. The molecule has 1 aromatic heterocycles. The lowest BCUT2D eigenvalue weighted by Crippen LogP contribution is -1.88. The van der Waals surface area contributed by atoms with E-state index in [1.165, 1.54) is 0 Å². The highest BCUT2D eigenvalue weighted by molar-refractivity contribution is 7.98. The van der Waals surface area contributed by atoms with Crippen molar-refractivity contribution < 1.29 is 0 Å². The van der Waals surface area contributed by atoms with E-state index in [4.69, 9.17) is 17.3 Å². The van der Waals surface area contributed by atoms with E-state index in [0.29, 0.717) is 10.7 Å². The molecule has 3 nitrogen and oxygen atoms in total. The van der Waals surface area contributed by atoms with Crippen LogP contribution in [0.3, 0.4) is 0 Å². The molecule has 0 atom stereocenters. The standard InChI is InChI=1S/C10H10ClN3S/c11-7-1-2-10(9(12)3-7)15-5-8-4-13-6-14-8/h1-4,6H,5,12H2,(H,13,14). The van der Waals surface area contributed by atoms with Crippen molar-refractivity contribution in [2.24, 2.45) is 0 Å². The average Bonchev–Trinajstić information content (AvgIpc) is 2.69. The van der Waals surface area contributed by atoms with E-state index in [2.05, 4.69) is 9.97 Å². The Bertz CT molecular complexity index is 442. The highest BCUT2D eigenvalue weighted by Gasteiger charge is 2.02. The van der Waals surface area contributed by atoms with Crippen LogP contribution in [-0.4, -0.2) is 9.97 Å². The summed E-state index contributed by atoms with van der Waals surface area (Å²) in [5, 5.41) is 0.665. The molecule has 0 saturated heterocycles. The third kappa shape index (κ3) is 2.67. The highest BCUT2D eigenvalue weighted by Crippen LogP contribution is 2.29. The topological polar surface area (TPSA) is 54.7 Å². The lowest BCUT2D eigenvalue weighted by molar-refractivity contribution is 1.22. The number of H-pyrrole nitrogens is 1. The van der Waals surface area contributed by atoms with E-state index < -0.39 is 0 Å². The van der Waals surface area contributed by atoms with E-state index in [0.717, 1.165) is 16.3 Å². The summed E-state index contributed by atoms with van der Waals surface area (Å²) < 4.78 is 0. The SMILES string of the molecule is Nc1cc(Cl)ccc1SCc1cnc[nH]1. The molecule has 0 aliphatic heterocycles. The Kier molecular flexibility index (Phi) is 3.18. The normalized spacial score (nSPS) is 10.5. The molecular formula is C10H10ClN3S. The van der Waals surface area contributed by atoms with Gasteiger partial charge in [-0.3, -0.25) is 0 Å². The van der Waals surface area contributed by atoms with Gasteiger partial charge in [-0.2, -0.15) is 0 Å². The molecule has 1 aromatic carbocycles. The Balaban J connectivity index is 2.05. The minimum Gasteiger partial charge on any atom is -0.398 e. The van der Waals surface area contributed by atoms with Gasteiger partial charge in [-0.15, -0.1) is 11.8 Å². The summed E-state index contributed by atoms with van der Waals surface area (Å²) in [5.74, 6) is 0.825. The monoisotopic (exact) mass is 239 g/mol. The predicted molar refractivity (Wildman–Crippen MR) is 64.0 cm³/mol. The number of benzene rings is 1. The van der Waals surface area contributed by atoms with Crippen LogP contribution < -0.4 is 5.73 Å². The number of thioether (sulfide) groups is 1. The maximum absolute atomic E-state index is 5.83. The van der Waals surface area contributed by atoms with Crippen molar-refractivity contribution in [3.63, 3.8) is 0 Å². The molecule has 0 fully saturated rings. The van der Waals surface area contributed by atoms with Crippen LogP contribution >= 0.6 is 23.4 Å². The van der Waals surface area contributed by atoms with Crippen molar-refractivity contribution in [1.29, 1.82) is 0 Å². The summed E-state index contributed by atoms with van der Waals surface area (Å²) in [6, 6.07) is 5.53. The van der Waals surface area contributed by atoms with Crippen molar-refractivity contribution in [3.8, 4) is 0 Å². The first-order valence-electron chi connectivity index (χ1n) is 4.41. The number of nitrogen functional groups attached to an aromatic ring is 1. The molecule has 1 heterocycles. The second-order valence-corrected chi connectivity index (χ2v) is 4.50. The van der Waals surface area contributed by atoms with Gasteiger partial charge in [0, 0.05) is 33.2 Å². The number of imidazole rings is 1. The van der Waals surface area contributed by atoms with Gasteiger partial charge in [0.25, 0.3) is 0 Å². The maximum atomic E-state index is 5.83. The molecule has 0 saturated carbocycles. The first kappa shape index (κ1) is 10.4. The number of rotatable bonds is 3. The van der Waals surface area contributed by atoms with Gasteiger partial charge in [-0.05, 0) is 18.2 Å². The quantitative estimate of drug-likeness (QED) is 0.640. The largest absolute Gasteiger partial charge is 0.398 e. The van der Waals surface area contributed by atoms with Gasteiger partial charge in [0.15, 0.2) is 0 Å². The fourth-order valence-corrected chi connectivity index (χ4v) is 2.21. The van der Waals surface area contributed by atoms with Gasteiger partial charge < -0.3 is 10.7 Å². The van der Waals surface area contributed by atoms with Crippen LogP contribution in [0.5, 0.6) is 0 Å². The first-order chi connectivity index (χ1) is 7.25. The smallest absolute Gasteiger partial charge is 0.0921 e. The van der Waals surface area contributed by atoms with E-state index >= 15 is 0 Å². The van der Waals surface area contributed by atoms with Gasteiger partial charge in [0.1, 0.15) is 0 Å². The van der Waals surface area contributed by atoms with E-state index in [1.807, 2.05) is 12.1 Å². The second-order valence-electron chi connectivity index (χ2n) is 3.05.